The molecule has 0 radical (unpaired) electrons. The van der Waals surface area contributed by atoms with Gasteiger partial charge in [-0.15, -0.1) is 11.3 Å². The summed E-state index contributed by atoms with van der Waals surface area (Å²) in [5, 5.41) is 6.91. The van der Waals surface area contributed by atoms with Crippen molar-refractivity contribution in [2.45, 2.75) is 19.4 Å². The molecule has 2 amide bonds. The summed E-state index contributed by atoms with van der Waals surface area (Å²) in [5.41, 5.74) is 0.879. The van der Waals surface area contributed by atoms with Gasteiger partial charge in [0.2, 0.25) is 5.91 Å². The molecule has 3 rings (SSSR count). The van der Waals surface area contributed by atoms with Gasteiger partial charge < -0.3 is 15.1 Å². The number of hydrogen-bond donors (Lipinski definition) is 2. The third-order valence-corrected chi connectivity index (χ3v) is 5.16. The molecule has 3 aromatic rings. The highest BCUT2D eigenvalue weighted by Gasteiger charge is 2.19. The topological polar surface area (TPSA) is 84.2 Å². The molecule has 6 nitrogen and oxygen atoms in total. The van der Waals surface area contributed by atoms with Crippen molar-refractivity contribution in [2.75, 3.05) is 5.32 Å². The van der Waals surface area contributed by atoms with Crippen LogP contribution in [0.3, 0.4) is 0 Å². The zero-order valence-corrected chi connectivity index (χ0v) is 16.5. The van der Waals surface area contributed by atoms with Crippen LogP contribution in [0.4, 0.5) is 5.13 Å². The van der Waals surface area contributed by atoms with Crippen LogP contribution >= 0.6 is 34.5 Å². The first kappa shape index (κ1) is 19.4. The number of carbonyl (C=O) groups excluding carboxylic acids is 2. The summed E-state index contributed by atoms with van der Waals surface area (Å²) in [6, 6.07) is 7.64. The van der Waals surface area contributed by atoms with Crippen LogP contribution < -0.4 is 10.6 Å². The first-order chi connectivity index (χ1) is 12.9. The standard InChI is InChI=1S/C18H15Cl2N3O3S/c1-10(22-17(25)15-3-2-6-26-15)16(24)23-18-21-9-13(27-18)8-11-7-12(19)4-5-14(11)20/h2-7,9-10H,8H2,1H3,(H,22,25)(H,21,23,24). The molecule has 2 aromatic heterocycles. The number of halogens is 2. The highest BCUT2D eigenvalue weighted by molar-refractivity contribution is 7.15. The molecule has 0 aliphatic rings. The van der Waals surface area contributed by atoms with E-state index in [2.05, 4.69) is 15.6 Å². The number of carbonyl (C=O) groups is 2. The van der Waals surface area contributed by atoms with Crippen LogP contribution in [0, 0.1) is 0 Å². The largest absolute Gasteiger partial charge is 0.459 e. The van der Waals surface area contributed by atoms with E-state index in [9.17, 15) is 9.59 Å². The highest BCUT2D eigenvalue weighted by Crippen LogP contribution is 2.27. The maximum atomic E-state index is 12.3. The molecule has 1 unspecified atom stereocenters. The van der Waals surface area contributed by atoms with Crippen molar-refractivity contribution in [3.8, 4) is 0 Å². The smallest absolute Gasteiger partial charge is 0.287 e. The van der Waals surface area contributed by atoms with Gasteiger partial charge in [0.15, 0.2) is 10.9 Å². The Labute approximate surface area is 169 Å². The average molecular weight is 424 g/mol. The fourth-order valence-electron chi connectivity index (χ4n) is 2.27. The Balaban J connectivity index is 1.59. The zero-order chi connectivity index (χ0) is 19.4. The number of amides is 2. The number of hydrogen-bond acceptors (Lipinski definition) is 5. The Bertz CT molecular complexity index is 957. The van der Waals surface area contributed by atoms with Crippen molar-refractivity contribution in [3.63, 3.8) is 0 Å². The molecule has 2 N–H and O–H groups in total. The van der Waals surface area contributed by atoms with E-state index in [1.54, 1.807) is 37.4 Å². The minimum absolute atomic E-state index is 0.143. The second-order valence-electron chi connectivity index (χ2n) is 5.71. The van der Waals surface area contributed by atoms with Crippen molar-refractivity contribution in [1.29, 1.82) is 0 Å². The van der Waals surface area contributed by atoms with E-state index in [0.717, 1.165) is 10.4 Å². The highest BCUT2D eigenvalue weighted by atomic mass is 35.5. The van der Waals surface area contributed by atoms with Gasteiger partial charge in [0.05, 0.1) is 6.26 Å². The molecule has 1 atom stereocenters. The van der Waals surface area contributed by atoms with Gasteiger partial charge in [0.25, 0.3) is 5.91 Å². The molecular formula is C18H15Cl2N3O3S. The monoisotopic (exact) mass is 423 g/mol. The molecule has 0 fully saturated rings. The Kier molecular flexibility index (Phi) is 6.15. The summed E-state index contributed by atoms with van der Waals surface area (Å²) in [7, 11) is 0. The maximum absolute atomic E-state index is 12.3. The number of anilines is 1. The summed E-state index contributed by atoms with van der Waals surface area (Å²) in [5.74, 6) is -0.695. The molecule has 0 saturated heterocycles. The minimum Gasteiger partial charge on any atom is -0.459 e. The van der Waals surface area contributed by atoms with Crippen molar-refractivity contribution >= 4 is 51.5 Å². The summed E-state index contributed by atoms with van der Waals surface area (Å²) < 4.78 is 5.00. The normalized spacial score (nSPS) is 11.8. The molecule has 2 heterocycles. The molecule has 1 aromatic carbocycles. The van der Waals surface area contributed by atoms with E-state index < -0.39 is 11.9 Å². The minimum atomic E-state index is -0.752. The van der Waals surface area contributed by atoms with Crippen LogP contribution in [0.2, 0.25) is 10.0 Å². The van der Waals surface area contributed by atoms with Crippen molar-refractivity contribution in [2.24, 2.45) is 0 Å². The second kappa shape index (κ2) is 8.56. The van der Waals surface area contributed by atoms with E-state index in [4.69, 9.17) is 27.6 Å². The Hall–Kier alpha value is -2.35. The van der Waals surface area contributed by atoms with Crippen LogP contribution in [0.5, 0.6) is 0 Å². The van der Waals surface area contributed by atoms with E-state index in [0.29, 0.717) is 21.6 Å². The quantitative estimate of drug-likeness (QED) is 0.615. The molecule has 0 aliphatic carbocycles. The Morgan fingerprint density at radius 3 is 2.85 bits per heavy atom. The van der Waals surface area contributed by atoms with Gasteiger partial charge in [-0.25, -0.2) is 4.98 Å². The predicted molar refractivity (Wildman–Crippen MR) is 106 cm³/mol. The van der Waals surface area contributed by atoms with Gasteiger partial charge in [-0.05, 0) is 42.8 Å². The van der Waals surface area contributed by atoms with E-state index in [1.807, 2.05) is 0 Å². The number of nitrogens with zero attached hydrogens (tertiary/aromatic N) is 1. The van der Waals surface area contributed by atoms with Crippen molar-refractivity contribution in [1.82, 2.24) is 10.3 Å². The molecule has 0 saturated carbocycles. The fraction of sp³-hybridized carbons (Fsp3) is 0.167. The molecule has 0 spiro atoms. The number of nitrogens with one attached hydrogen (secondary N) is 2. The van der Waals surface area contributed by atoms with Gasteiger partial charge >= 0.3 is 0 Å². The van der Waals surface area contributed by atoms with Crippen LogP contribution in [-0.4, -0.2) is 22.8 Å². The lowest BCUT2D eigenvalue weighted by atomic mass is 10.1. The van der Waals surface area contributed by atoms with Crippen molar-refractivity contribution < 1.29 is 14.0 Å². The fourth-order valence-corrected chi connectivity index (χ4v) is 3.49. The van der Waals surface area contributed by atoms with Crippen molar-refractivity contribution in [3.05, 3.63) is 69.0 Å². The van der Waals surface area contributed by atoms with Crippen LogP contribution in [0.25, 0.3) is 0 Å². The second-order valence-corrected chi connectivity index (χ2v) is 7.66. The lowest BCUT2D eigenvalue weighted by Crippen LogP contribution is -2.41. The van der Waals surface area contributed by atoms with Gasteiger partial charge in [0, 0.05) is 27.5 Å². The number of aromatic nitrogens is 1. The Morgan fingerprint density at radius 1 is 1.30 bits per heavy atom. The molecule has 27 heavy (non-hydrogen) atoms. The molecular weight excluding hydrogens is 409 g/mol. The first-order valence-corrected chi connectivity index (χ1v) is 9.53. The summed E-state index contributed by atoms with van der Waals surface area (Å²) in [4.78, 5) is 29.3. The lowest BCUT2D eigenvalue weighted by Gasteiger charge is -2.11. The van der Waals surface area contributed by atoms with Gasteiger partial charge in [-0.2, -0.15) is 0 Å². The molecule has 0 aliphatic heterocycles. The maximum Gasteiger partial charge on any atom is 0.287 e. The van der Waals surface area contributed by atoms with Gasteiger partial charge in [-0.1, -0.05) is 23.2 Å². The number of rotatable bonds is 6. The predicted octanol–water partition coefficient (Wildman–Crippen LogP) is 4.39. The van der Waals surface area contributed by atoms with Crippen LogP contribution in [0.15, 0.2) is 47.2 Å². The van der Waals surface area contributed by atoms with Gasteiger partial charge in [0.1, 0.15) is 6.04 Å². The zero-order valence-electron chi connectivity index (χ0n) is 14.2. The van der Waals surface area contributed by atoms with E-state index in [1.165, 1.54) is 23.7 Å². The molecule has 9 heteroatoms. The average Bonchev–Trinajstić information content (AvgIpc) is 3.30. The number of furan rings is 1. The van der Waals surface area contributed by atoms with Crippen LogP contribution in [-0.2, 0) is 11.2 Å². The Morgan fingerprint density at radius 2 is 2.11 bits per heavy atom. The van der Waals surface area contributed by atoms with E-state index >= 15 is 0 Å². The SMILES string of the molecule is CC(NC(=O)c1ccco1)C(=O)Nc1ncc(Cc2cc(Cl)ccc2Cl)s1. The van der Waals surface area contributed by atoms with Crippen LogP contribution in [0.1, 0.15) is 27.9 Å². The summed E-state index contributed by atoms with van der Waals surface area (Å²) >= 11 is 13.5. The number of benzene rings is 1. The summed E-state index contributed by atoms with van der Waals surface area (Å²) in [6.07, 6.45) is 3.62. The number of thiazole rings is 1. The third kappa shape index (κ3) is 5.09. The lowest BCUT2D eigenvalue weighted by molar-refractivity contribution is -0.117. The van der Waals surface area contributed by atoms with E-state index in [-0.39, 0.29) is 11.7 Å². The molecule has 0 bridgehead atoms. The third-order valence-electron chi connectivity index (χ3n) is 3.64. The first-order valence-electron chi connectivity index (χ1n) is 7.96. The molecule has 140 valence electrons. The summed E-state index contributed by atoms with van der Waals surface area (Å²) in [6.45, 7) is 1.58. The van der Waals surface area contributed by atoms with Gasteiger partial charge in [-0.3, -0.25) is 9.59 Å².